The van der Waals surface area contributed by atoms with Gasteiger partial charge in [0.1, 0.15) is 0 Å². The minimum atomic E-state index is -4.28. The van der Waals surface area contributed by atoms with Crippen molar-refractivity contribution in [2.45, 2.75) is 26.1 Å². The Bertz CT molecular complexity index is 523. The summed E-state index contributed by atoms with van der Waals surface area (Å²) in [6.07, 6.45) is -5.31. The van der Waals surface area contributed by atoms with Crippen LogP contribution in [0.15, 0.2) is 24.3 Å². The zero-order chi connectivity index (χ0) is 15.9. The van der Waals surface area contributed by atoms with E-state index >= 15 is 0 Å². The van der Waals surface area contributed by atoms with E-state index in [1.54, 1.807) is 31.2 Å². The molecule has 0 aromatic heterocycles. The number of hydrogen-bond donors (Lipinski definition) is 1. The highest BCUT2D eigenvalue weighted by molar-refractivity contribution is 5.74. The van der Waals surface area contributed by atoms with Crippen LogP contribution < -0.4 is 5.32 Å². The van der Waals surface area contributed by atoms with Gasteiger partial charge in [0, 0.05) is 19.6 Å². The van der Waals surface area contributed by atoms with Crippen LogP contribution in [0.1, 0.15) is 24.5 Å². The first-order valence-corrected chi connectivity index (χ1v) is 6.44. The van der Waals surface area contributed by atoms with Crippen LogP contribution in [-0.4, -0.2) is 30.2 Å². The summed E-state index contributed by atoms with van der Waals surface area (Å²) >= 11 is 0. The molecule has 0 aliphatic carbocycles. The van der Waals surface area contributed by atoms with Crippen molar-refractivity contribution in [1.29, 1.82) is 5.26 Å². The third-order valence-corrected chi connectivity index (χ3v) is 2.83. The molecule has 0 bridgehead atoms. The van der Waals surface area contributed by atoms with E-state index in [0.29, 0.717) is 11.1 Å². The number of alkyl halides is 3. The van der Waals surface area contributed by atoms with Gasteiger partial charge in [-0.25, -0.2) is 4.79 Å². The highest BCUT2D eigenvalue weighted by Crippen LogP contribution is 2.19. The SMILES string of the molecule is CCN(CCC(F)(F)F)C(=O)NCc1cccc(C#N)c1. The summed E-state index contributed by atoms with van der Waals surface area (Å²) in [6.45, 7) is 1.60. The molecule has 0 spiro atoms. The molecule has 0 heterocycles. The molecule has 21 heavy (non-hydrogen) atoms. The number of halogens is 3. The van der Waals surface area contributed by atoms with Gasteiger partial charge in [-0.05, 0) is 24.6 Å². The third kappa shape index (κ3) is 6.17. The van der Waals surface area contributed by atoms with E-state index in [2.05, 4.69) is 5.32 Å². The molecule has 0 saturated carbocycles. The van der Waals surface area contributed by atoms with Gasteiger partial charge >= 0.3 is 12.2 Å². The van der Waals surface area contributed by atoms with Gasteiger partial charge in [-0.2, -0.15) is 18.4 Å². The number of rotatable bonds is 5. The number of hydrogen-bond acceptors (Lipinski definition) is 2. The van der Waals surface area contributed by atoms with E-state index in [9.17, 15) is 18.0 Å². The Balaban J connectivity index is 2.52. The zero-order valence-electron chi connectivity index (χ0n) is 11.6. The lowest BCUT2D eigenvalue weighted by molar-refractivity contribution is -0.136. The standard InChI is InChI=1S/C14H16F3N3O/c1-2-20(7-6-14(15,16)17)13(21)19-10-12-5-3-4-11(8-12)9-18/h3-5,8H,2,6-7,10H2,1H3,(H,19,21). The molecule has 0 saturated heterocycles. The van der Waals surface area contributed by atoms with Crippen LogP contribution in [0.4, 0.5) is 18.0 Å². The Hall–Kier alpha value is -2.23. The monoisotopic (exact) mass is 299 g/mol. The van der Waals surface area contributed by atoms with Crippen molar-refractivity contribution in [1.82, 2.24) is 10.2 Å². The van der Waals surface area contributed by atoms with Gasteiger partial charge in [0.15, 0.2) is 0 Å². The fourth-order valence-corrected chi connectivity index (χ4v) is 1.71. The van der Waals surface area contributed by atoms with Crippen molar-refractivity contribution in [3.8, 4) is 6.07 Å². The number of amides is 2. The van der Waals surface area contributed by atoms with Gasteiger partial charge in [0.05, 0.1) is 18.1 Å². The average Bonchev–Trinajstić information content (AvgIpc) is 2.44. The second kappa shape index (κ2) is 7.53. The first-order valence-electron chi connectivity index (χ1n) is 6.44. The lowest BCUT2D eigenvalue weighted by Gasteiger charge is -2.22. The van der Waals surface area contributed by atoms with Crippen LogP contribution in [0.3, 0.4) is 0 Å². The summed E-state index contributed by atoms with van der Waals surface area (Å²) < 4.78 is 36.5. The Morgan fingerprint density at radius 2 is 2.14 bits per heavy atom. The number of carbonyl (C=O) groups excluding carboxylic acids is 1. The number of nitrogens with zero attached hydrogens (tertiary/aromatic N) is 2. The summed E-state index contributed by atoms with van der Waals surface area (Å²) in [6, 6.07) is 8.09. The summed E-state index contributed by atoms with van der Waals surface area (Å²) in [5.74, 6) is 0. The quantitative estimate of drug-likeness (QED) is 0.908. The maximum absolute atomic E-state index is 12.2. The lowest BCUT2D eigenvalue weighted by Crippen LogP contribution is -2.41. The average molecular weight is 299 g/mol. The molecule has 1 aromatic carbocycles. The van der Waals surface area contributed by atoms with E-state index in [0.717, 1.165) is 4.90 Å². The molecule has 0 atom stereocenters. The Kier molecular flexibility index (Phi) is 6.03. The van der Waals surface area contributed by atoms with Crippen LogP contribution in [0.2, 0.25) is 0 Å². The molecular weight excluding hydrogens is 283 g/mol. The van der Waals surface area contributed by atoms with Gasteiger partial charge in [-0.1, -0.05) is 12.1 Å². The molecule has 2 amide bonds. The fraction of sp³-hybridized carbons (Fsp3) is 0.429. The molecule has 1 rings (SSSR count). The van der Waals surface area contributed by atoms with Crippen molar-refractivity contribution in [3.63, 3.8) is 0 Å². The molecule has 0 aliphatic heterocycles. The Morgan fingerprint density at radius 1 is 1.43 bits per heavy atom. The highest BCUT2D eigenvalue weighted by Gasteiger charge is 2.28. The van der Waals surface area contributed by atoms with Crippen LogP contribution in [0.5, 0.6) is 0 Å². The van der Waals surface area contributed by atoms with Crippen LogP contribution in [-0.2, 0) is 6.54 Å². The first kappa shape index (κ1) is 16.8. The predicted molar refractivity (Wildman–Crippen MR) is 71.3 cm³/mol. The molecule has 0 radical (unpaired) electrons. The number of nitrogens with one attached hydrogen (secondary N) is 1. The Morgan fingerprint density at radius 3 is 2.71 bits per heavy atom. The topological polar surface area (TPSA) is 56.1 Å². The normalized spacial score (nSPS) is 10.8. The molecule has 1 N–H and O–H groups in total. The zero-order valence-corrected chi connectivity index (χ0v) is 11.6. The van der Waals surface area contributed by atoms with Gasteiger partial charge < -0.3 is 10.2 Å². The molecule has 7 heteroatoms. The molecule has 0 aliphatic rings. The molecular formula is C14H16F3N3O. The van der Waals surface area contributed by atoms with E-state index in [1.165, 1.54) is 0 Å². The van der Waals surface area contributed by atoms with Gasteiger partial charge in [-0.15, -0.1) is 0 Å². The molecule has 4 nitrogen and oxygen atoms in total. The lowest BCUT2D eigenvalue weighted by atomic mass is 10.1. The number of nitriles is 1. The minimum absolute atomic E-state index is 0.164. The molecule has 0 unspecified atom stereocenters. The maximum atomic E-state index is 12.2. The van der Waals surface area contributed by atoms with Crippen molar-refractivity contribution < 1.29 is 18.0 Å². The largest absolute Gasteiger partial charge is 0.390 e. The smallest absolute Gasteiger partial charge is 0.334 e. The summed E-state index contributed by atoms with van der Waals surface area (Å²) in [5.41, 5.74) is 1.18. The number of benzene rings is 1. The van der Waals surface area contributed by atoms with Crippen molar-refractivity contribution >= 4 is 6.03 Å². The first-order chi connectivity index (χ1) is 9.85. The van der Waals surface area contributed by atoms with Crippen LogP contribution in [0.25, 0.3) is 0 Å². The van der Waals surface area contributed by atoms with E-state index in [4.69, 9.17) is 5.26 Å². The highest BCUT2D eigenvalue weighted by atomic mass is 19.4. The fourth-order valence-electron chi connectivity index (χ4n) is 1.71. The second-order valence-electron chi connectivity index (χ2n) is 4.42. The summed E-state index contributed by atoms with van der Waals surface area (Å²) in [5, 5.41) is 11.3. The maximum Gasteiger partial charge on any atom is 0.390 e. The Labute approximate surface area is 121 Å². The summed E-state index contributed by atoms with van der Waals surface area (Å²) in [4.78, 5) is 12.9. The van der Waals surface area contributed by atoms with E-state index < -0.39 is 18.6 Å². The van der Waals surface area contributed by atoms with Crippen LogP contribution in [0, 0.1) is 11.3 Å². The van der Waals surface area contributed by atoms with Gasteiger partial charge in [0.2, 0.25) is 0 Å². The van der Waals surface area contributed by atoms with Crippen molar-refractivity contribution in [2.75, 3.05) is 13.1 Å². The molecule has 114 valence electrons. The molecule has 1 aromatic rings. The van der Waals surface area contributed by atoms with Gasteiger partial charge in [-0.3, -0.25) is 0 Å². The summed E-state index contributed by atoms with van der Waals surface area (Å²) in [7, 11) is 0. The van der Waals surface area contributed by atoms with Crippen LogP contribution >= 0.6 is 0 Å². The van der Waals surface area contributed by atoms with Gasteiger partial charge in [0.25, 0.3) is 0 Å². The number of urea groups is 1. The predicted octanol–water partition coefficient (Wildman–Crippen LogP) is 3.04. The van der Waals surface area contributed by atoms with Crippen molar-refractivity contribution in [2.24, 2.45) is 0 Å². The second-order valence-corrected chi connectivity index (χ2v) is 4.42. The van der Waals surface area contributed by atoms with E-state index in [-0.39, 0.29) is 19.6 Å². The number of carbonyl (C=O) groups is 1. The minimum Gasteiger partial charge on any atom is -0.334 e. The third-order valence-electron chi connectivity index (χ3n) is 2.83. The van der Waals surface area contributed by atoms with E-state index in [1.807, 2.05) is 6.07 Å². The van der Waals surface area contributed by atoms with Crippen molar-refractivity contribution in [3.05, 3.63) is 35.4 Å². The molecule has 0 fully saturated rings.